The zero-order chi connectivity index (χ0) is 15.0. The van der Waals surface area contributed by atoms with Crippen LogP contribution in [0.1, 0.15) is 29.2 Å². The normalized spacial score (nSPS) is 18.6. The van der Waals surface area contributed by atoms with E-state index in [-0.39, 0.29) is 12.0 Å². The van der Waals surface area contributed by atoms with E-state index in [4.69, 9.17) is 0 Å². The number of rotatable bonds is 2. The first-order chi connectivity index (χ1) is 9.95. The Bertz CT molecular complexity index is 651. The van der Waals surface area contributed by atoms with Crippen LogP contribution in [0.15, 0.2) is 24.3 Å². The summed E-state index contributed by atoms with van der Waals surface area (Å²) in [7, 11) is 0. The topological polar surface area (TPSA) is 50.9 Å². The second-order valence-electron chi connectivity index (χ2n) is 5.16. The largest absolute Gasteiger partial charge is 0.416 e. The van der Waals surface area contributed by atoms with Crippen LogP contribution in [0.3, 0.4) is 0 Å². The van der Waals surface area contributed by atoms with E-state index in [9.17, 15) is 18.3 Å². The fourth-order valence-electron chi connectivity index (χ4n) is 2.62. The van der Waals surface area contributed by atoms with Crippen LogP contribution < -0.4 is 0 Å². The van der Waals surface area contributed by atoms with Gasteiger partial charge in [0.2, 0.25) is 0 Å². The van der Waals surface area contributed by atoms with Crippen molar-refractivity contribution in [2.24, 2.45) is 0 Å². The van der Waals surface area contributed by atoms with Crippen LogP contribution in [0.5, 0.6) is 0 Å². The van der Waals surface area contributed by atoms with Gasteiger partial charge in [0.1, 0.15) is 11.6 Å². The summed E-state index contributed by atoms with van der Waals surface area (Å²) >= 11 is 0. The van der Waals surface area contributed by atoms with Gasteiger partial charge in [0.05, 0.1) is 11.7 Å². The Labute approximate surface area is 119 Å². The van der Waals surface area contributed by atoms with Gasteiger partial charge in [-0.15, -0.1) is 10.2 Å². The van der Waals surface area contributed by atoms with Gasteiger partial charge < -0.3 is 9.67 Å². The Balaban J connectivity index is 1.92. The van der Waals surface area contributed by atoms with Crippen LogP contribution in [-0.4, -0.2) is 26.0 Å². The SMILES string of the molecule is OC1CCn2c(Cc3ccccc3C(F)(F)F)nnc2C1. The minimum absolute atomic E-state index is 0.0821. The Morgan fingerprint density at radius 2 is 2.00 bits per heavy atom. The zero-order valence-corrected chi connectivity index (χ0v) is 11.1. The lowest BCUT2D eigenvalue weighted by atomic mass is 10.0. The molecular weight excluding hydrogens is 283 g/mol. The van der Waals surface area contributed by atoms with Crippen LogP contribution in [0, 0.1) is 0 Å². The molecule has 0 saturated carbocycles. The number of nitrogens with zero attached hydrogens (tertiary/aromatic N) is 3. The van der Waals surface area contributed by atoms with Gasteiger partial charge in [-0.25, -0.2) is 0 Å². The molecule has 21 heavy (non-hydrogen) atoms. The number of aromatic nitrogens is 3. The van der Waals surface area contributed by atoms with Gasteiger partial charge in [-0.05, 0) is 18.1 Å². The van der Waals surface area contributed by atoms with Crippen molar-refractivity contribution >= 4 is 0 Å². The molecule has 0 fully saturated rings. The van der Waals surface area contributed by atoms with Gasteiger partial charge in [0, 0.05) is 19.4 Å². The molecule has 0 radical (unpaired) electrons. The van der Waals surface area contributed by atoms with Crippen molar-refractivity contribution in [1.82, 2.24) is 14.8 Å². The van der Waals surface area contributed by atoms with Gasteiger partial charge in [0.25, 0.3) is 0 Å². The summed E-state index contributed by atoms with van der Waals surface area (Å²) < 4.78 is 40.8. The zero-order valence-electron chi connectivity index (χ0n) is 11.1. The van der Waals surface area contributed by atoms with E-state index < -0.39 is 17.8 Å². The molecule has 2 heterocycles. The fraction of sp³-hybridized carbons (Fsp3) is 0.429. The van der Waals surface area contributed by atoms with E-state index >= 15 is 0 Å². The van der Waals surface area contributed by atoms with Gasteiger partial charge in [-0.3, -0.25) is 0 Å². The van der Waals surface area contributed by atoms with Crippen LogP contribution in [0.2, 0.25) is 0 Å². The third-order valence-electron chi connectivity index (χ3n) is 3.68. The van der Waals surface area contributed by atoms with E-state index in [0.29, 0.717) is 31.0 Å². The molecule has 0 aliphatic carbocycles. The third kappa shape index (κ3) is 2.78. The first kappa shape index (κ1) is 14.1. The molecule has 1 unspecified atom stereocenters. The third-order valence-corrected chi connectivity index (χ3v) is 3.68. The summed E-state index contributed by atoms with van der Waals surface area (Å²) in [5.74, 6) is 1.14. The van der Waals surface area contributed by atoms with E-state index in [2.05, 4.69) is 10.2 Å². The highest BCUT2D eigenvalue weighted by Gasteiger charge is 2.33. The maximum absolute atomic E-state index is 13.0. The summed E-state index contributed by atoms with van der Waals surface area (Å²) in [6, 6.07) is 5.50. The molecule has 1 N–H and O–H groups in total. The van der Waals surface area contributed by atoms with Crippen molar-refractivity contribution in [3.05, 3.63) is 47.0 Å². The fourth-order valence-corrected chi connectivity index (χ4v) is 2.62. The minimum atomic E-state index is -4.38. The van der Waals surface area contributed by atoms with Crippen molar-refractivity contribution in [3.8, 4) is 0 Å². The summed E-state index contributed by atoms with van der Waals surface area (Å²) in [5, 5.41) is 17.5. The quantitative estimate of drug-likeness (QED) is 0.924. The van der Waals surface area contributed by atoms with Gasteiger partial charge in [-0.1, -0.05) is 18.2 Å². The number of halogens is 3. The lowest BCUT2D eigenvalue weighted by Crippen LogP contribution is -2.24. The van der Waals surface area contributed by atoms with E-state index in [1.807, 2.05) is 0 Å². The molecule has 0 saturated heterocycles. The van der Waals surface area contributed by atoms with Crippen LogP contribution in [0.4, 0.5) is 13.2 Å². The number of alkyl halides is 3. The van der Waals surface area contributed by atoms with Crippen molar-refractivity contribution in [2.75, 3.05) is 0 Å². The van der Waals surface area contributed by atoms with E-state index in [1.54, 1.807) is 10.6 Å². The highest BCUT2D eigenvalue weighted by Crippen LogP contribution is 2.32. The van der Waals surface area contributed by atoms with Gasteiger partial charge in [-0.2, -0.15) is 13.2 Å². The summed E-state index contributed by atoms with van der Waals surface area (Å²) in [4.78, 5) is 0. The summed E-state index contributed by atoms with van der Waals surface area (Å²) in [6.45, 7) is 0.535. The molecule has 1 aliphatic rings. The Kier molecular flexibility index (Phi) is 3.44. The number of aliphatic hydroxyl groups is 1. The van der Waals surface area contributed by atoms with Crippen LogP contribution >= 0.6 is 0 Å². The second-order valence-corrected chi connectivity index (χ2v) is 5.16. The molecule has 1 aromatic carbocycles. The van der Waals surface area contributed by atoms with E-state index in [1.165, 1.54) is 12.1 Å². The number of fused-ring (bicyclic) bond motifs is 1. The predicted octanol–water partition coefficient (Wildman–Crippen LogP) is 2.19. The standard InChI is InChI=1S/C14H14F3N3O/c15-14(16,17)11-4-2-1-3-9(11)7-12-18-19-13-8-10(21)5-6-20(12)13/h1-4,10,21H,5-8H2. The highest BCUT2D eigenvalue weighted by molar-refractivity contribution is 5.32. The summed E-state index contributed by atoms with van der Waals surface area (Å²) in [5.41, 5.74) is -0.454. The first-order valence-electron chi connectivity index (χ1n) is 6.69. The maximum Gasteiger partial charge on any atom is 0.416 e. The van der Waals surface area contributed by atoms with Crippen LogP contribution in [-0.2, 0) is 25.6 Å². The van der Waals surface area contributed by atoms with E-state index in [0.717, 1.165) is 6.07 Å². The summed E-state index contributed by atoms with van der Waals surface area (Å²) in [6.07, 6.45) is -3.78. The molecule has 0 bridgehead atoms. The van der Waals surface area contributed by atoms with Crippen molar-refractivity contribution in [3.63, 3.8) is 0 Å². The number of aliphatic hydroxyl groups excluding tert-OH is 1. The molecule has 2 aromatic rings. The van der Waals surface area contributed by atoms with Crippen molar-refractivity contribution in [2.45, 2.75) is 38.1 Å². The van der Waals surface area contributed by atoms with Gasteiger partial charge in [0.15, 0.2) is 0 Å². The lowest BCUT2D eigenvalue weighted by molar-refractivity contribution is -0.138. The predicted molar refractivity (Wildman–Crippen MR) is 68.6 cm³/mol. The average Bonchev–Trinajstić information content (AvgIpc) is 2.80. The van der Waals surface area contributed by atoms with Crippen molar-refractivity contribution in [1.29, 1.82) is 0 Å². The molecule has 7 heteroatoms. The van der Waals surface area contributed by atoms with Crippen molar-refractivity contribution < 1.29 is 18.3 Å². The Hall–Kier alpha value is -1.89. The smallest absolute Gasteiger partial charge is 0.393 e. The molecule has 0 amide bonds. The van der Waals surface area contributed by atoms with Gasteiger partial charge >= 0.3 is 6.18 Å². The number of hydrogen-bond donors (Lipinski definition) is 1. The molecule has 1 aromatic heterocycles. The molecule has 1 atom stereocenters. The van der Waals surface area contributed by atoms with Crippen LogP contribution in [0.25, 0.3) is 0 Å². The number of hydrogen-bond acceptors (Lipinski definition) is 3. The molecule has 3 rings (SSSR count). The number of benzene rings is 1. The highest BCUT2D eigenvalue weighted by atomic mass is 19.4. The maximum atomic E-state index is 13.0. The second kappa shape index (κ2) is 5.14. The minimum Gasteiger partial charge on any atom is -0.393 e. The molecular formula is C14H14F3N3O. The Morgan fingerprint density at radius 1 is 1.24 bits per heavy atom. The molecule has 0 spiro atoms. The molecule has 4 nitrogen and oxygen atoms in total. The molecule has 112 valence electrons. The average molecular weight is 297 g/mol. The molecule has 1 aliphatic heterocycles. The lowest BCUT2D eigenvalue weighted by Gasteiger charge is -2.20. The Morgan fingerprint density at radius 3 is 2.76 bits per heavy atom. The first-order valence-corrected chi connectivity index (χ1v) is 6.69. The monoisotopic (exact) mass is 297 g/mol.